The molecule has 2 aromatic rings. The van der Waals surface area contributed by atoms with Crippen molar-refractivity contribution in [2.24, 2.45) is 0 Å². The quantitative estimate of drug-likeness (QED) is 0.791. The van der Waals surface area contributed by atoms with Crippen LogP contribution in [0.15, 0.2) is 35.5 Å². The smallest absolute Gasteiger partial charge is 0.314 e. The molecule has 0 unspecified atom stereocenters. The van der Waals surface area contributed by atoms with Crippen LogP contribution in [0, 0.1) is 0 Å². The molecule has 1 aromatic heterocycles. The Morgan fingerprint density at radius 3 is 2.41 bits per heavy atom. The van der Waals surface area contributed by atoms with Gasteiger partial charge in [-0.2, -0.15) is 17.5 Å². The van der Waals surface area contributed by atoms with Crippen molar-refractivity contribution in [2.45, 2.75) is 48.7 Å². The number of alkyl halides is 3. The molecular formula is C17H19F3N4O2S. The van der Waals surface area contributed by atoms with Crippen molar-refractivity contribution < 1.29 is 21.6 Å². The Balaban J connectivity index is 1.49. The van der Waals surface area contributed by atoms with Gasteiger partial charge >= 0.3 is 6.18 Å². The number of hydrogen-bond acceptors (Lipinski definition) is 4. The highest BCUT2D eigenvalue weighted by Gasteiger charge is 2.36. The Kier molecular flexibility index (Phi) is 4.50. The third kappa shape index (κ3) is 3.60. The van der Waals surface area contributed by atoms with E-state index in [1.807, 2.05) is 4.57 Å². The predicted molar refractivity (Wildman–Crippen MR) is 90.5 cm³/mol. The minimum atomic E-state index is -4.58. The van der Waals surface area contributed by atoms with Gasteiger partial charge in [0.1, 0.15) is 12.2 Å². The first-order chi connectivity index (χ1) is 12.8. The highest BCUT2D eigenvalue weighted by molar-refractivity contribution is 7.89. The molecule has 1 aromatic carbocycles. The third-order valence-electron chi connectivity index (χ3n) is 5.16. The van der Waals surface area contributed by atoms with Crippen LogP contribution in [0.25, 0.3) is 0 Å². The van der Waals surface area contributed by atoms with Gasteiger partial charge in [0.25, 0.3) is 0 Å². The molecule has 1 saturated heterocycles. The van der Waals surface area contributed by atoms with Gasteiger partial charge in [0.2, 0.25) is 10.0 Å². The van der Waals surface area contributed by atoms with Gasteiger partial charge in [0.15, 0.2) is 0 Å². The summed E-state index contributed by atoms with van der Waals surface area (Å²) in [6.45, 7) is 0.511. The fourth-order valence-corrected chi connectivity index (χ4v) is 5.03. The summed E-state index contributed by atoms with van der Waals surface area (Å²) in [4.78, 5) is -0.321. The van der Waals surface area contributed by atoms with Crippen molar-refractivity contribution >= 4 is 10.0 Å². The number of halogens is 3. The molecule has 1 aliphatic carbocycles. The number of sulfonamides is 1. The molecule has 146 valence electrons. The van der Waals surface area contributed by atoms with Crippen LogP contribution in [0.4, 0.5) is 13.2 Å². The van der Waals surface area contributed by atoms with Gasteiger partial charge in [-0.05, 0) is 43.9 Å². The second-order valence-corrected chi connectivity index (χ2v) is 8.97. The Bertz CT molecular complexity index is 930. The summed E-state index contributed by atoms with van der Waals surface area (Å²) in [7, 11) is -3.96. The molecule has 1 saturated carbocycles. The minimum absolute atomic E-state index is 0.114. The lowest BCUT2D eigenvalue weighted by molar-refractivity contribution is -0.137. The van der Waals surface area contributed by atoms with Crippen molar-refractivity contribution in [3.8, 4) is 0 Å². The molecule has 4 rings (SSSR count). The van der Waals surface area contributed by atoms with Crippen molar-refractivity contribution in [3.63, 3.8) is 0 Å². The maximum absolute atomic E-state index is 12.9. The first kappa shape index (κ1) is 18.4. The summed E-state index contributed by atoms with van der Waals surface area (Å²) >= 11 is 0. The van der Waals surface area contributed by atoms with Gasteiger partial charge in [-0.25, -0.2) is 8.42 Å². The van der Waals surface area contributed by atoms with Crippen molar-refractivity contribution in [3.05, 3.63) is 42.0 Å². The van der Waals surface area contributed by atoms with E-state index in [4.69, 9.17) is 0 Å². The number of hydrogen-bond donors (Lipinski definition) is 0. The predicted octanol–water partition coefficient (Wildman–Crippen LogP) is 3.20. The molecule has 0 spiro atoms. The highest BCUT2D eigenvalue weighted by Crippen LogP contribution is 2.40. The summed E-state index contributed by atoms with van der Waals surface area (Å²) in [5, 5.41) is 8.16. The van der Waals surface area contributed by atoms with Crippen LogP contribution in [-0.4, -0.2) is 40.6 Å². The molecule has 6 nitrogen and oxygen atoms in total. The molecule has 10 heteroatoms. The minimum Gasteiger partial charge on any atom is -0.314 e. The standard InChI is InChI=1S/C17H19F3N4O2S/c18-17(19,20)13-2-1-3-15(10-13)27(25,26)23-8-6-14(7-9-23)24-11-21-22-16(24)12-4-5-12/h1-3,10-12,14H,4-9H2. The van der Waals surface area contributed by atoms with Gasteiger partial charge in [-0.15, -0.1) is 10.2 Å². The van der Waals surface area contributed by atoms with Gasteiger partial charge < -0.3 is 4.57 Å². The zero-order chi connectivity index (χ0) is 19.2. The number of benzene rings is 1. The van der Waals surface area contributed by atoms with E-state index in [1.54, 1.807) is 6.33 Å². The van der Waals surface area contributed by atoms with E-state index in [1.165, 1.54) is 10.4 Å². The zero-order valence-corrected chi connectivity index (χ0v) is 15.2. The van der Waals surface area contributed by atoms with Gasteiger partial charge in [0, 0.05) is 25.0 Å². The maximum atomic E-state index is 12.9. The van der Waals surface area contributed by atoms with Crippen LogP contribution in [0.5, 0.6) is 0 Å². The average molecular weight is 400 g/mol. The third-order valence-corrected chi connectivity index (χ3v) is 7.05. The number of rotatable bonds is 4. The summed E-state index contributed by atoms with van der Waals surface area (Å²) in [5.74, 6) is 1.40. The maximum Gasteiger partial charge on any atom is 0.416 e. The summed E-state index contributed by atoms with van der Waals surface area (Å²) < 4.78 is 67.5. The van der Waals surface area contributed by atoms with Crippen LogP contribution in [-0.2, 0) is 16.2 Å². The van der Waals surface area contributed by atoms with E-state index < -0.39 is 21.8 Å². The van der Waals surface area contributed by atoms with E-state index in [9.17, 15) is 21.6 Å². The normalized spacial score (nSPS) is 20.1. The van der Waals surface area contributed by atoms with Crippen LogP contribution in [0.3, 0.4) is 0 Å². The fraction of sp³-hybridized carbons (Fsp3) is 0.529. The van der Waals surface area contributed by atoms with Crippen molar-refractivity contribution in [1.29, 1.82) is 0 Å². The molecule has 27 heavy (non-hydrogen) atoms. The molecule has 0 atom stereocenters. The lowest BCUT2D eigenvalue weighted by Crippen LogP contribution is -2.39. The molecule has 0 N–H and O–H groups in total. The van der Waals surface area contributed by atoms with Gasteiger partial charge in [-0.3, -0.25) is 0 Å². The van der Waals surface area contributed by atoms with E-state index in [0.29, 0.717) is 24.8 Å². The molecular weight excluding hydrogens is 381 g/mol. The zero-order valence-electron chi connectivity index (χ0n) is 14.4. The highest BCUT2D eigenvalue weighted by atomic mass is 32.2. The summed E-state index contributed by atoms with van der Waals surface area (Å²) in [6, 6.07) is 4.02. The fourth-order valence-electron chi connectivity index (χ4n) is 3.51. The van der Waals surface area contributed by atoms with Crippen molar-refractivity contribution in [2.75, 3.05) is 13.1 Å². The molecule has 2 heterocycles. The van der Waals surface area contributed by atoms with Gasteiger partial charge in [-0.1, -0.05) is 6.07 Å². The van der Waals surface area contributed by atoms with Crippen LogP contribution in [0.1, 0.15) is 49.0 Å². The second-order valence-electron chi connectivity index (χ2n) is 7.03. The Hall–Kier alpha value is -1.94. The average Bonchev–Trinajstić information content (AvgIpc) is 3.38. The SMILES string of the molecule is O=S(=O)(c1cccc(C(F)(F)F)c1)N1CCC(n2cnnc2C2CC2)CC1. The summed E-state index contributed by atoms with van der Waals surface area (Å²) in [6.07, 6.45) is 0.469. The van der Waals surface area contributed by atoms with Crippen LogP contribution < -0.4 is 0 Å². The Morgan fingerprint density at radius 1 is 1.07 bits per heavy atom. The molecule has 0 radical (unpaired) electrons. The monoisotopic (exact) mass is 400 g/mol. The lowest BCUT2D eigenvalue weighted by Gasteiger charge is -2.32. The number of aromatic nitrogens is 3. The molecule has 0 bridgehead atoms. The van der Waals surface area contributed by atoms with Crippen LogP contribution >= 0.6 is 0 Å². The van der Waals surface area contributed by atoms with E-state index >= 15 is 0 Å². The van der Waals surface area contributed by atoms with E-state index in [-0.39, 0.29) is 24.0 Å². The summed E-state index contributed by atoms with van der Waals surface area (Å²) in [5.41, 5.74) is -0.961. The van der Waals surface area contributed by atoms with E-state index in [0.717, 1.165) is 30.8 Å². The Labute approximate surface area is 155 Å². The molecule has 0 amide bonds. The molecule has 2 fully saturated rings. The number of nitrogens with zero attached hydrogens (tertiary/aromatic N) is 4. The first-order valence-corrected chi connectivity index (χ1v) is 10.3. The van der Waals surface area contributed by atoms with Gasteiger partial charge in [0.05, 0.1) is 10.5 Å². The first-order valence-electron chi connectivity index (χ1n) is 8.83. The Morgan fingerprint density at radius 2 is 1.78 bits per heavy atom. The lowest BCUT2D eigenvalue weighted by atomic mass is 10.1. The molecule has 1 aliphatic heterocycles. The largest absolute Gasteiger partial charge is 0.416 e. The van der Waals surface area contributed by atoms with Crippen LogP contribution in [0.2, 0.25) is 0 Å². The number of piperidine rings is 1. The topological polar surface area (TPSA) is 68.1 Å². The van der Waals surface area contributed by atoms with E-state index in [2.05, 4.69) is 10.2 Å². The second kappa shape index (κ2) is 6.59. The molecule has 2 aliphatic rings. The van der Waals surface area contributed by atoms with Crippen molar-refractivity contribution in [1.82, 2.24) is 19.1 Å².